The zero-order valence-corrected chi connectivity index (χ0v) is 17.7. The predicted molar refractivity (Wildman–Crippen MR) is 122 cm³/mol. The van der Waals surface area contributed by atoms with E-state index in [-0.39, 0.29) is 0 Å². The molecule has 0 heterocycles. The van der Waals surface area contributed by atoms with Gasteiger partial charge in [-0.25, -0.2) is 0 Å². The number of rotatable bonds is 6. The molecule has 1 aliphatic rings. The Balaban J connectivity index is 1.82. The zero-order valence-electron chi connectivity index (χ0n) is 17.7. The van der Waals surface area contributed by atoms with Crippen LogP contribution in [0.5, 0.6) is 0 Å². The molecule has 1 fully saturated rings. The maximum Gasteiger partial charge on any atom is 0.241 e. The highest BCUT2D eigenvalue weighted by Crippen LogP contribution is 2.33. The Bertz CT molecular complexity index is 981. The number of amides is 1. The molecular weight excluding hydrogens is 372 g/mol. The molecule has 3 rings (SSSR count). The molecule has 0 aromatic heterocycles. The molecule has 0 radical (unpaired) electrons. The van der Waals surface area contributed by atoms with E-state index >= 15 is 0 Å². The lowest BCUT2D eigenvalue weighted by atomic mass is 9.86. The summed E-state index contributed by atoms with van der Waals surface area (Å²) in [4.78, 5) is 12.0. The molecule has 5 heteroatoms. The van der Waals surface area contributed by atoms with E-state index in [1.54, 1.807) is 13.8 Å². The van der Waals surface area contributed by atoms with Crippen molar-refractivity contribution in [3.05, 3.63) is 76.4 Å². The second-order valence-corrected chi connectivity index (χ2v) is 8.36. The molecule has 0 bridgehead atoms. The molecule has 1 atom stereocenters. The van der Waals surface area contributed by atoms with Crippen LogP contribution in [0, 0.1) is 11.8 Å². The van der Waals surface area contributed by atoms with Crippen LogP contribution in [0.4, 0.5) is 0 Å². The van der Waals surface area contributed by atoms with Crippen LogP contribution in [0.3, 0.4) is 0 Å². The van der Waals surface area contributed by atoms with Gasteiger partial charge in [-0.3, -0.25) is 4.79 Å². The number of carbonyl (C=O) groups is 1. The SMILES string of the molecule is CC(C)(N)C(NC(=C1CCC1)c1ccc(C#Cc2ccc(CN)cc2)cc1)C(N)=O. The topological polar surface area (TPSA) is 107 Å². The minimum absolute atomic E-state index is 0.455. The van der Waals surface area contributed by atoms with E-state index in [4.69, 9.17) is 17.2 Å². The lowest BCUT2D eigenvalue weighted by Gasteiger charge is -2.33. The van der Waals surface area contributed by atoms with Gasteiger partial charge >= 0.3 is 0 Å². The fourth-order valence-electron chi connectivity index (χ4n) is 3.35. The predicted octanol–water partition coefficient (Wildman–Crippen LogP) is 2.62. The average molecular weight is 403 g/mol. The first-order chi connectivity index (χ1) is 14.3. The molecule has 156 valence electrons. The molecule has 0 spiro atoms. The summed E-state index contributed by atoms with van der Waals surface area (Å²) < 4.78 is 0. The van der Waals surface area contributed by atoms with Gasteiger partial charge in [0.2, 0.25) is 5.91 Å². The van der Waals surface area contributed by atoms with Crippen LogP contribution in [-0.4, -0.2) is 17.5 Å². The molecule has 1 unspecified atom stereocenters. The summed E-state index contributed by atoms with van der Waals surface area (Å²) in [5.41, 5.74) is 22.9. The van der Waals surface area contributed by atoms with Crippen molar-refractivity contribution >= 4 is 11.6 Å². The van der Waals surface area contributed by atoms with Crippen molar-refractivity contribution in [1.82, 2.24) is 5.32 Å². The highest BCUT2D eigenvalue weighted by molar-refractivity contribution is 5.84. The summed E-state index contributed by atoms with van der Waals surface area (Å²) in [6, 6.07) is 15.3. The van der Waals surface area contributed by atoms with E-state index in [0.29, 0.717) is 6.54 Å². The third-order valence-corrected chi connectivity index (χ3v) is 5.34. The molecule has 0 aliphatic heterocycles. The molecule has 1 saturated carbocycles. The smallest absolute Gasteiger partial charge is 0.241 e. The Morgan fingerprint density at radius 3 is 1.97 bits per heavy atom. The average Bonchev–Trinajstić information content (AvgIpc) is 2.67. The second-order valence-electron chi connectivity index (χ2n) is 8.36. The van der Waals surface area contributed by atoms with E-state index in [2.05, 4.69) is 17.2 Å². The van der Waals surface area contributed by atoms with Gasteiger partial charge in [-0.1, -0.05) is 36.1 Å². The van der Waals surface area contributed by atoms with Crippen LogP contribution in [0.2, 0.25) is 0 Å². The van der Waals surface area contributed by atoms with Crippen molar-refractivity contribution in [2.45, 2.75) is 51.2 Å². The Labute approximate surface area is 178 Å². The first-order valence-corrected chi connectivity index (χ1v) is 10.3. The maximum atomic E-state index is 12.0. The number of primary amides is 1. The van der Waals surface area contributed by atoms with Crippen molar-refractivity contribution in [3.8, 4) is 11.8 Å². The molecule has 2 aromatic rings. The number of nitrogens with two attached hydrogens (primary N) is 3. The normalized spacial score (nSPS) is 14.2. The fraction of sp³-hybridized carbons (Fsp3) is 0.320. The minimum Gasteiger partial charge on any atom is -0.372 e. The van der Waals surface area contributed by atoms with Gasteiger partial charge in [-0.15, -0.1) is 0 Å². The monoisotopic (exact) mass is 402 g/mol. The van der Waals surface area contributed by atoms with Gasteiger partial charge in [0.05, 0.1) is 0 Å². The molecule has 1 aliphatic carbocycles. The summed E-state index contributed by atoms with van der Waals surface area (Å²) in [6.45, 7) is 4.13. The Kier molecular flexibility index (Phi) is 6.61. The zero-order chi connectivity index (χ0) is 21.7. The highest BCUT2D eigenvalue weighted by Gasteiger charge is 2.32. The molecular formula is C25H30N4O. The van der Waals surface area contributed by atoms with Crippen molar-refractivity contribution in [2.75, 3.05) is 0 Å². The van der Waals surface area contributed by atoms with E-state index in [1.807, 2.05) is 48.5 Å². The Hall–Kier alpha value is -3.07. The summed E-state index contributed by atoms with van der Waals surface area (Å²) in [7, 11) is 0. The van der Waals surface area contributed by atoms with Crippen LogP contribution in [0.1, 0.15) is 55.4 Å². The van der Waals surface area contributed by atoms with Crippen LogP contribution in [0.25, 0.3) is 5.70 Å². The van der Waals surface area contributed by atoms with Gasteiger partial charge in [0, 0.05) is 28.9 Å². The first kappa shape index (κ1) is 21.6. The Morgan fingerprint density at radius 2 is 1.57 bits per heavy atom. The number of hydrogen-bond donors (Lipinski definition) is 4. The van der Waals surface area contributed by atoms with Gasteiger partial charge in [0.25, 0.3) is 0 Å². The van der Waals surface area contributed by atoms with Gasteiger partial charge < -0.3 is 22.5 Å². The molecule has 0 saturated heterocycles. The largest absolute Gasteiger partial charge is 0.372 e. The van der Waals surface area contributed by atoms with E-state index < -0.39 is 17.5 Å². The highest BCUT2D eigenvalue weighted by atomic mass is 16.1. The standard InChI is InChI=1S/C25H30N4O/c1-25(2,28)23(24(27)30)29-22(20-4-3-5-20)21-14-12-18(13-15-21)7-6-17-8-10-19(16-26)11-9-17/h8-15,23,29H,3-5,16,26,28H2,1-2H3,(H2,27,30). The quantitative estimate of drug-likeness (QED) is 0.557. The van der Waals surface area contributed by atoms with Crippen LogP contribution in [-0.2, 0) is 11.3 Å². The lowest BCUT2D eigenvalue weighted by Crippen LogP contribution is -2.59. The van der Waals surface area contributed by atoms with Crippen molar-refractivity contribution in [2.24, 2.45) is 17.2 Å². The van der Waals surface area contributed by atoms with Gasteiger partial charge in [-0.2, -0.15) is 0 Å². The number of nitrogens with one attached hydrogen (secondary N) is 1. The summed E-state index contributed by atoms with van der Waals surface area (Å²) in [5, 5.41) is 3.33. The van der Waals surface area contributed by atoms with Gasteiger partial charge in [0.1, 0.15) is 6.04 Å². The van der Waals surface area contributed by atoms with Crippen molar-refractivity contribution in [1.29, 1.82) is 0 Å². The van der Waals surface area contributed by atoms with Crippen molar-refractivity contribution in [3.63, 3.8) is 0 Å². The van der Waals surface area contributed by atoms with E-state index in [0.717, 1.165) is 47.2 Å². The molecule has 5 nitrogen and oxygen atoms in total. The Morgan fingerprint density at radius 1 is 1.03 bits per heavy atom. The summed E-state index contributed by atoms with van der Waals surface area (Å²) >= 11 is 0. The van der Waals surface area contributed by atoms with Crippen LogP contribution < -0.4 is 22.5 Å². The summed E-state index contributed by atoms with van der Waals surface area (Å²) in [5.74, 6) is 5.91. The van der Waals surface area contributed by atoms with E-state index in [9.17, 15) is 4.79 Å². The lowest BCUT2D eigenvalue weighted by molar-refractivity contribution is -0.120. The van der Waals surface area contributed by atoms with Crippen molar-refractivity contribution < 1.29 is 4.79 Å². The fourth-order valence-corrected chi connectivity index (χ4v) is 3.35. The number of hydrogen-bond acceptors (Lipinski definition) is 4. The molecule has 7 N–H and O–H groups in total. The second kappa shape index (κ2) is 9.17. The van der Waals surface area contributed by atoms with Crippen LogP contribution in [0.15, 0.2) is 54.1 Å². The number of benzene rings is 2. The third-order valence-electron chi connectivity index (χ3n) is 5.34. The van der Waals surface area contributed by atoms with Crippen LogP contribution >= 0.6 is 0 Å². The van der Waals surface area contributed by atoms with Gasteiger partial charge in [0.15, 0.2) is 0 Å². The van der Waals surface area contributed by atoms with Gasteiger partial charge in [-0.05, 0) is 74.1 Å². The number of allylic oxidation sites excluding steroid dienone is 1. The molecule has 2 aromatic carbocycles. The van der Waals surface area contributed by atoms with E-state index in [1.165, 1.54) is 5.57 Å². The third kappa shape index (κ3) is 5.29. The first-order valence-electron chi connectivity index (χ1n) is 10.3. The molecule has 30 heavy (non-hydrogen) atoms. The molecule has 1 amide bonds. The maximum absolute atomic E-state index is 12.0. The minimum atomic E-state index is -0.772. The number of carbonyl (C=O) groups excluding carboxylic acids is 1. The summed E-state index contributed by atoms with van der Waals surface area (Å²) in [6.07, 6.45) is 3.18.